The van der Waals surface area contributed by atoms with Gasteiger partial charge in [-0.05, 0) is 68.0 Å². The number of nitrogens with two attached hydrogens (primary N) is 1. The van der Waals surface area contributed by atoms with Crippen molar-refractivity contribution in [2.45, 2.75) is 69.6 Å². The third-order valence-corrected chi connectivity index (χ3v) is 8.30. The van der Waals surface area contributed by atoms with E-state index in [4.69, 9.17) is 26.8 Å². The molecule has 2 atom stereocenters. The summed E-state index contributed by atoms with van der Waals surface area (Å²) in [5.41, 5.74) is 5.60. The highest BCUT2D eigenvalue weighted by Crippen LogP contribution is 2.37. The number of amides is 1. The number of halogens is 4. The van der Waals surface area contributed by atoms with Gasteiger partial charge >= 0.3 is 6.18 Å². The Bertz CT molecular complexity index is 1250. The molecule has 1 amide bonds. The third-order valence-electron chi connectivity index (χ3n) is 8.13. The Morgan fingerprint density at radius 2 is 2.02 bits per heavy atom. The molecular formula is C27H34ClF3N6O3. The Balaban J connectivity index is 1.29. The number of benzene rings is 1. The first-order chi connectivity index (χ1) is 19.0. The fraction of sp³-hybridized carbons (Fsp3) is 0.593. The molecule has 0 spiro atoms. The monoisotopic (exact) mass is 582 g/mol. The zero-order valence-electron chi connectivity index (χ0n) is 22.6. The first-order valence-corrected chi connectivity index (χ1v) is 13.8. The number of likely N-dealkylation sites (tertiary alicyclic amines) is 1. The van der Waals surface area contributed by atoms with E-state index >= 15 is 0 Å². The summed E-state index contributed by atoms with van der Waals surface area (Å²) in [6.45, 7) is 5.32. The minimum Gasteiger partial charge on any atom is -0.399 e. The first kappa shape index (κ1) is 28.8. The number of anilines is 2. The molecule has 218 valence electrons. The Morgan fingerprint density at radius 1 is 1.27 bits per heavy atom. The Hall–Kier alpha value is -2.67. The van der Waals surface area contributed by atoms with Crippen LogP contribution in [-0.4, -0.2) is 70.7 Å². The van der Waals surface area contributed by atoms with Gasteiger partial charge in [0.15, 0.2) is 0 Å². The number of nitrogens with zero attached hydrogens (tertiary/aromatic N) is 4. The normalized spacial score (nSPS) is 21.9. The number of nitrogens with one attached hydrogen (secondary N) is 1. The lowest BCUT2D eigenvalue weighted by molar-refractivity contribution is -0.162. The number of nitrogen functional groups attached to an aromatic ring is 1. The van der Waals surface area contributed by atoms with Crippen LogP contribution in [0.15, 0.2) is 18.2 Å². The van der Waals surface area contributed by atoms with Gasteiger partial charge in [0, 0.05) is 44.6 Å². The largest absolute Gasteiger partial charge is 0.416 e. The number of carbonyl (C=O) groups excluding carboxylic acids is 1. The molecule has 0 aliphatic carbocycles. The molecule has 4 heterocycles. The number of aromatic nitrogens is 2. The molecule has 0 bridgehead atoms. The lowest BCUT2D eigenvalue weighted by Crippen LogP contribution is -2.55. The summed E-state index contributed by atoms with van der Waals surface area (Å²) >= 11 is 6.21. The van der Waals surface area contributed by atoms with Crippen molar-refractivity contribution in [1.82, 2.24) is 19.8 Å². The number of piperidine rings is 1. The van der Waals surface area contributed by atoms with Crippen molar-refractivity contribution in [1.29, 1.82) is 0 Å². The number of ether oxygens (including phenoxy) is 2. The number of rotatable bonds is 7. The van der Waals surface area contributed by atoms with Crippen LogP contribution in [0.1, 0.15) is 61.0 Å². The van der Waals surface area contributed by atoms with Gasteiger partial charge in [-0.15, -0.1) is 0 Å². The average Bonchev–Trinajstić information content (AvgIpc) is 3.58. The molecule has 5 rings (SSSR count). The predicted molar refractivity (Wildman–Crippen MR) is 144 cm³/mol. The molecule has 40 heavy (non-hydrogen) atoms. The molecule has 2 fully saturated rings. The zero-order valence-corrected chi connectivity index (χ0v) is 23.3. The second-order valence-corrected chi connectivity index (χ2v) is 11.2. The van der Waals surface area contributed by atoms with Crippen LogP contribution in [0.4, 0.5) is 24.7 Å². The van der Waals surface area contributed by atoms with E-state index < -0.39 is 23.4 Å². The van der Waals surface area contributed by atoms with Crippen molar-refractivity contribution in [3.63, 3.8) is 0 Å². The van der Waals surface area contributed by atoms with Crippen molar-refractivity contribution in [2.75, 3.05) is 44.4 Å². The highest BCUT2D eigenvalue weighted by atomic mass is 35.5. The zero-order chi connectivity index (χ0) is 28.7. The summed E-state index contributed by atoms with van der Waals surface area (Å²) in [6, 6.07) is 2.86. The van der Waals surface area contributed by atoms with Gasteiger partial charge < -0.3 is 30.3 Å². The molecule has 1 aromatic heterocycles. The fourth-order valence-corrected chi connectivity index (χ4v) is 6.02. The third kappa shape index (κ3) is 6.00. The van der Waals surface area contributed by atoms with Crippen molar-refractivity contribution < 1.29 is 27.4 Å². The van der Waals surface area contributed by atoms with E-state index in [-0.39, 0.29) is 36.1 Å². The number of hydrogen-bond donors (Lipinski definition) is 2. The molecular weight excluding hydrogens is 549 g/mol. The smallest absolute Gasteiger partial charge is 0.399 e. The van der Waals surface area contributed by atoms with E-state index in [0.29, 0.717) is 35.5 Å². The molecule has 3 aliphatic rings. The van der Waals surface area contributed by atoms with Crippen LogP contribution in [0, 0.1) is 0 Å². The standard InChI is InChI=1S/C27H34ClF3N6O3/c1-16(17-10-18(27(29,30)31)12-19(32)11-17)33-23-21-14-37(15-22(21)34-25(28)35-23)24(38)26(39-2)5-7-36(8-6-26)13-20-4-3-9-40-20/h10-12,16,20H,3-9,13-15,32H2,1-2H3,(H,33,34,35)/t16-,20+/m1/s1. The highest BCUT2D eigenvalue weighted by Gasteiger charge is 2.46. The van der Waals surface area contributed by atoms with Crippen molar-refractivity contribution in [3.05, 3.63) is 45.9 Å². The molecule has 2 saturated heterocycles. The SMILES string of the molecule is COC1(C(=O)N2Cc3nc(Cl)nc(N[C@H](C)c4cc(N)cc(C(F)(F)F)c4)c3C2)CCN(C[C@@H]2CCCO2)CC1. The Labute approximate surface area is 236 Å². The van der Waals surface area contributed by atoms with Gasteiger partial charge in [-0.25, -0.2) is 9.97 Å². The number of carbonyl (C=O) groups is 1. The highest BCUT2D eigenvalue weighted by molar-refractivity contribution is 6.28. The second kappa shape index (κ2) is 11.3. The topological polar surface area (TPSA) is 106 Å². The summed E-state index contributed by atoms with van der Waals surface area (Å²) in [7, 11) is 1.57. The van der Waals surface area contributed by atoms with Crippen LogP contribution in [-0.2, 0) is 33.5 Å². The maximum absolute atomic E-state index is 13.8. The molecule has 0 radical (unpaired) electrons. The molecule has 0 saturated carbocycles. The van der Waals surface area contributed by atoms with Gasteiger partial charge in [-0.3, -0.25) is 4.79 Å². The molecule has 3 N–H and O–H groups in total. The summed E-state index contributed by atoms with van der Waals surface area (Å²) in [5, 5.41) is 3.14. The van der Waals surface area contributed by atoms with Crippen molar-refractivity contribution in [2.24, 2.45) is 0 Å². The summed E-state index contributed by atoms with van der Waals surface area (Å²) in [6.07, 6.45) is -0.993. The quantitative estimate of drug-likeness (QED) is 0.365. The van der Waals surface area contributed by atoms with Crippen molar-refractivity contribution in [3.8, 4) is 0 Å². The van der Waals surface area contributed by atoms with Gasteiger partial charge in [0.25, 0.3) is 5.91 Å². The van der Waals surface area contributed by atoms with E-state index in [9.17, 15) is 18.0 Å². The van der Waals surface area contributed by atoms with Crippen LogP contribution < -0.4 is 11.1 Å². The van der Waals surface area contributed by atoms with Gasteiger partial charge in [0.1, 0.15) is 11.4 Å². The maximum Gasteiger partial charge on any atom is 0.416 e. The van der Waals surface area contributed by atoms with Crippen LogP contribution >= 0.6 is 11.6 Å². The minimum atomic E-state index is -4.53. The molecule has 9 nitrogen and oxygen atoms in total. The van der Waals surface area contributed by atoms with Gasteiger partial charge in [0.05, 0.1) is 36.5 Å². The summed E-state index contributed by atoms with van der Waals surface area (Å²) in [5.74, 6) is 0.247. The van der Waals surface area contributed by atoms with Crippen LogP contribution in [0.3, 0.4) is 0 Å². The minimum absolute atomic E-state index is 0.00729. The molecule has 3 aliphatic heterocycles. The lowest BCUT2D eigenvalue weighted by Gasteiger charge is -2.41. The van der Waals surface area contributed by atoms with Crippen molar-refractivity contribution >= 4 is 29.0 Å². The van der Waals surface area contributed by atoms with E-state index in [1.54, 1.807) is 18.9 Å². The van der Waals surface area contributed by atoms with Gasteiger partial charge in [-0.2, -0.15) is 13.2 Å². The number of fused-ring (bicyclic) bond motifs is 1. The van der Waals surface area contributed by atoms with Gasteiger partial charge in [0.2, 0.25) is 5.28 Å². The van der Waals surface area contributed by atoms with Crippen LogP contribution in [0.25, 0.3) is 0 Å². The maximum atomic E-state index is 13.8. The van der Waals surface area contributed by atoms with Crippen LogP contribution in [0.5, 0.6) is 0 Å². The number of methoxy groups -OCH3 is 1. The number of hydrogen-bond acceptors (Lipinski definition) is 8. The Kier molecular flexibility index (Phi) is 8.15. The van der Waals surface area contributed by atoms with Gasteiger partial charge in [-0.1, -0.05) is 0 Å². The Morgan fingerprint density at radius 3 is 2.67 bits per heavy atom. The lowest BCUT2D eigenvalue weighted by atomic mass is 9.89. The first-order valence-electron chi connectivity index (χ1n) is 13.5. The molecule has 2 aromatic rings. The second-order valence-electron chi connectivity index (χ2n) is 10.8. The number of alkyl halides is 3. The average molecular weight is 583 g/mol. The van der Waals surface area contributed by atoms with E-state index in [0.717, 1.165) is 51.2 Å². The molecule has 1 aromatic carbocycles. The summed E-state index contributed by atoms with van der Waals surface area (Å²) in [4.78, 5) is 26.5. The van der Waals surface area contributed by atoms with E-state index in [2.05, 4.69) is 20.2 Å². The van der Waals surface area contributed by atoms with Crippen LogP contribution in [0.2, 0.25) is 5.28 Å². The molecule has 0 unspecified atom stereocenters. The van der Waals surface area contributed by atoms with E-state index in [1.807, 2.05) is 0 Å². The predicted octanol–water partition coefficient (Wildman–Crippen LogP) is 4.41. The fourth-order valence-electron chi connectivity index (χ4n) is 5.83. The summed E-state index contributed by atoms with van der Waals surface area (Å²) < 4.78 is 51.7. The van der Waals surface area contributed by atoms with E-state index in [1.165, 1.54) is 6.07 Å². The molecule has 13 heteroatoms.